The molecule has 0 amide bonds. The van der Waals surface area contributed by atoms with Crippen molar-refractivity contribution in [3.63, 3.8) is 0 Å². The molecule has 5 aliphatic rings. The van der Waals surface area contributed by atoms with Gasteiger partial charge >= 0.3 is 0 Å². The van der Waals surface area contributed by atoms with Gasteiger partial charge in [-0.3, -0.25) is 0 Å². The fourth-order valence-corrected chi connectivity index (χ4v) is 11.5. The van der Waals surface area contributed by atoms with Crippen LogP contribution in [0.2, 0.25) is 0 Å². The largest absolute Gasteiger partial charge is 0.396 e. The van der Waals surface area contributed by atoms with Gasteiger partial charge in [-0.15, -0.1) is 0 Å². The molecule has 0 unspecified atom stereocenters. The van der Waals surface area contributed by atoms with Gasteiger partial charge in [-0.2, -0.15) is 0 Å². The molecule has 182 valence electrons. The number of rotatable bonds is 2. The van der Waals surface area contributed by atoms with Crippen molar-refractivity contribution in [3.8, 4) is 0 Å². The quantitative estimate of drug-likeness (QED) is 0.452. The molecule has 0 bridgehead atoms. The first kappa shape index (κ1) is 23.4. The third-order valence-electron chi connectivity index (χ3n) is 13.5. The van der Waals surface area contributed by atoms with Gasteiger partial charge in [0.1, 0.15) is 0 Å². The molecule has 5 saturated carbocycles. The van der Waals surface area contributed by atoms with Crippen molar-refractivity contribution in [1.82, 2.24) is 0 Å². The van der Waals surface area contributed by atoms with E-state index in [0.717, 1.165) is 18.3 Å². The molecule has 5 aliphatic carbocycles. The van der Waals surface area contributed by atoms with Crippen LogP contribution in [0.4, 0.5) is 0 Å². The second-order valence-electron chi connectivity index (χ2n) is 14.6. The van der Waals surface area contributed by atoms with E-state index in [1.54, 1.807) is 0 Å². The Labute approximate surface area is 197 Å². The molecule has 32 heavy (non-hydrogen) atoms. The van der Waals surface area contributed by atoms with Gasteiger partial charge in [0.2, 0.25) is 0 Å². The van der Waals surface area contributed by atoms with Crippen molar-refractivity contribution in [1.29, 1.82) is 0 Å². The number of allylic oxidation sites excluding steroid dienone is 1. The Kier molecular flexibility index (Phi) is 5.19. The molecule has 0 spiro atoms. The van der Waals surface area contributed by atoms with E-state index in [4.69, 9.17) is 0 Å². The predicted molar refractivity (Wildman–Crippen MR) is 132 cm³/mol. The van der Waals surface area contributed by atoms with Crippen LogP contribution in [0.3, 0.4) is 0 Å². The van der Waals surface area contributed by atoms with Gasteiger partial charge < -0.3 is 10.2 Å². The summed E-state index contributed by atoms with van der Waals surface area (Å²) >= 11 is 0. The third-order valence-corrected chi connectivity index (χ3v) is 13.5. The van der Waals surface area contributed by atoms with Crippen LogP contribution in [0.25, 0.3) is 0 Å². The lowest BCUT2D eigenvalue weighted by molar-refractivity contribution is -0.249. The van der Waals surface area contributed by atoms with Gasteiger partial charge in [0.25, 0.3) is 0 Å². The van der Waals surface area contributed by atoms with E-state index in [2.05, 4.69) is 48.1 Å². The lowest BCUT2D eigenvalue weighted by Gasteiger charge is -2.73. The second kappa shape index (κ2) is 7.09. The zero-order valence-corrected chi connectivity index (χ0v) is 21.8. The Morgan fingerprint density at radius 3 is 2.19 bits per heavy atom. The van der Waals surface area contributed by atoms with Gasteiger partial charge in [-0.25, -0.2) is 0 Å². The highest BCUT2D eigenvalue weighted by atomic mass is 16.3. The molecule has 5 rings (SSSR count). The molecule has 2 nitrogen and oxygen atoms in total. The number of hydrogen-bond acceptors (Lipinski definition) is 2. The molecular formula is C30H50O2. The summed E-state index contributed by atoms with van der Waals surface area (Å²) in [5.41, 5.74) is 2.60. The summed E-state index contributed by atoms with van der Waals surface area (Å²) in [7, 11) is 0. The Morgan fingerprint density at radius 2 is 1.53 bits per heavy atom. The number of hydrogen-bond donors (Lipinski definition) is 2. The topological polar surface area (TPSA) is 40.5 Å². The SMILES string of the molecule is C=C(C)[C@H]1CC[C@]2(CO)CC[C@]3(C)[C@@H](CC[C@H]4[C@@]5(C)CC[C@@H](O)C(C)(C)[C@H]5CC[C@]43C)[C@H]12. The van der Waals surface area contributed by atoms with Gasteiger partial charge in [-0.05, 0) is 128 Å². The van der Waals surface area contributed by atoms with Crippen molar-refractivity contribution in [3.05, 3.63) is 12.2 Å². The molecule has 0 heterocycles. The Balaban J connectivity index is 1.55. The molecule has 0 aromatic carbocycles. The molecule has 2 N–H and O–H groups in total. The number of aliphatic hydroxyl groups is 2. The maximum Gasteiger partial charge on any atom is 0.0594 e. The average Bonchev–Trinajstić information content (AvgIpc) is 3.12. The van der Waals surface area contributed by atoms with Crippen LogP contribution in [-0.4, -0.2) is 22.9 Å². The van der Waals surface area contributed by atoms with Crippen molar-refractivity contribution in [2.24, 2.45) is 56.7 Å². The Hall–Kier alpha value is -0.340. The first-order chi connectivity index (χ1) is 14.9. The highest BCUT2D eigenvalue weighted by Gasteiger charge is 2.70. The smallest absolute Gasteiger partial charge is 0.0594 e. The highest BCUT2D eigenvalue weighted by Crippen LogP contribution is 2.77. The van der Waals surface area contributed by atoms with Crippen LogP contribution in [0, 0.1) is 56.7 Å². The second-order valence-corrected chi connectivity index (χ2v) is 14.6. The molecule has 2 heteroatoms. The van der Waals surface area contributed by atoms with Gasteiger partial charge in [0.05, 0.1) is 6.10 Å². The van der Waals surface area contributed by atoms with Gasteiger partial charge in [0.15, 0.2) is 0 Å². The summed E-state index contributed by atoms with van der Waals surface area (Å²) < 4.78 is 0. The van der Waals surface area contributed by atoms with Crippen molar-refractivity contribution < 1.29 is 10.2 Å². The van der Waals surface area contributed by atoms with E-state index in [1.165, 1.54) is 63.4 Å². The minimum atomic E-state index is -0.147. The monoisotopic (exact) mass is 442 g/mol. The summed E-state index contributed by atoms with van der Waals surface area (Å²) in [5.74, 6) is 3.33. The van der Waals surface area contributed by atoms with E-state index in [9.17, 15) is 10.2 Å². The first-order valence-corrected chi connectivity index (χ1v) is 13.8. The van der Waals surface area contributed by atoms with E-state index in [0.29, 0.717) is 40.6 Å². The Bertz CT molecular complexity index is 786. The standard InChI is InChI=1S/C30H50O2/c1-19(2)20-10-15-30(18-31)17-16-28(6)21(25(20)30)8-9-23-27(5)13-12-24(32)26(3,4)22(27)11-14-29(23,28)7/h20-25,31-32H,1,8-18H2,2-7H3/t20-,21+,22-,23+,24-,25+,27+,28-,29-,30-/m1/s1. The van der Waals surface area contributed by atoms with Crippen molar-refractivity contribution in [2.45, 2.75) is 112 Å². The summed E-state index contributed by atoms with van der Waals surface area (Å²) in [6.07, 6.45) is 12.2. The lowest BCUT2D eigenvalue weighted by Crippen LogP contribution is -2.66. The summed E-state index contributed by atoms with van der Waals surface area (Å²) in [6.45, 7) is 19.7. The van der Waals surface area contributed by atoms with E-state index >= 15 is 0 Å². The van der Waals surface area contributed by atoms with E-state index in [-0.39, 0.29) is 16.9 Å². The maximum absolute atomic E-state index is 10.9. The zero-order chi connectivity index (χ0) is 23.3. The highest BCUT2D eigenvalue weighted by molar-refractivity contribution is 5.21. The average molecular weight is 443 g/mol. The van der Waals surface area contributed by atoms with E-state index in [1.807, 2.05) is 0 Å². The van der Waals surface area contributed by atoms with Crippen molar-refractivity contribution >= 4 is 0 Å². The first-order valence-electron chi connectivity index (χ1n) is 13.8. The van der Waals surface area contributed by atoms with Crippen LogP contribution < -0.4 is 0 Å². The minimum Gasteiger partial charge on any atom is -0.396 e. The van der Waals surface area contributed by atoms with E-state index < -0.39 is 0 Å². The molecule has 0 aromatic heterocycles. The fraction of sp³-hybridized carbons (Fsp3) is 0.933. The van der Waals surface area contributed by atoms with Crippen LogP contribution in [-0.2, 0) is 0 Å². The molecule has 0 radical (unpaired) electrons. The third kappa shape index (κ3) is 2.66. The summed E-state index contributed by atoms with van der Waals surface area (Å²) in [4.78, 5) is 0. The Morgan fingerprint density at radius 1 is 0.812 bits per heavy atom. The van der Waals surface area contributed by atoms with Gasteiger partial charge in [-0.1, -0.05) is 46.8 Å². The number of aliphatic hydroxyl groups excluding tert-OH is 2. The zero-order valence-electron chi connectivity index (χ0n) is 21.8. The molecule has 0 aromatic rings. The van der Waals surface area contributed by atoms with Crippen LogP contribution in [0.5, 0.6) is 0 Å². The normalized spacial score (nSPS) is 56.5. The molecular weight excluding hydrogens is 392 g/mol. The summed E-state index contributed by atoms with van der Waals surface area (Å²) in [6, 6.07) is 0. The van der Waals surface area contributed by atoms with Crippen molar-refractivity contribution in [2.75, 3.05) is 6.61 Å². The maximum atomic E-state index is 10.9. The molecule has 0 aliphatic heterocycles. The van der Waals surface area contributed by atoms with Crippen LogP contribution in [0.1, 0.15) is 106 Å². The minimum absolute atomic E-state index is 0.0290. The fourth-order valence-electron chi connectivity index (χ4n) is 11.5. The van der Waals surface area contributed by atoms with Crippen LogP contribution >= 0.6 is 0 Å². The lowest BCUT2D eigenvalue weighted by atomic mass is 9.32. The molecule has 0 saturated heterocycles. The molecule has 10 atom stereocenters. The van der Waals surface area contributed by atoms with Gasteiger partial charge in [0, 0.05) is 6.61 Å². The summed E-state index contributed by atoms with van der Waals surface area (Å²) in [5, 5.41) is 21.5. The number of fused-ring (bicyclic) bond motifs is 7. The van der Waals surface area contributed by atoms with Crippen LogP contribution in [0.15, 0.2) is 12.2 Å². The molecule has 5 fully saturated rings. The predicted octanol–water partition coefficient (Wildman–Crippen LogP) is 7.00.